The third kappa shape index (κ3) is 2.80. The van der Waals surface area contributed by atoms with E-state index in [0.717, 1.165) is 26.0 Å². The van der Waals surface area contributed by atoms with E-state index in [1.165, 1.54) is 6.42 Å². The van der Waals surface area contributed by atoms with Crippen molar-refractivity contribution in [3.8, 4) is 0 Å². The number of hydrogen-bond acceptors (Lipinski definition) is 5. The van der Waals surface area contributed by atoms with Crippen molar-refractivity contribution in [3.05, 3.63) is 0 Å². The fourth-order valence-electron chi connectivity index (χ4n) is 3.16. The van der Waals surface area contributed by atoms with Gasteiger partial charge in [0.25, 0.3) is 0 Å². The molecule has 2 fully saturated rings. The molecule has 0 aromatic carbocycles. The van der Waals surface area contributed by atoms with Crippen molar-refractivity contribution >= 4 is 0 Å². The molecule has 3 N–H and O–H groups in total. The molecule has 4 atom stereocenters. The van der Waals surface area contributed by atoms with Gasteiger partial charge < -0.3 is 20.3 Å². The van der Waals surface area contributed by atoms with Crippen LogP contribution in [0, 0.1) is 0 Å². The molecule has 1 aliphatic carbocycles. The van der Waals surface area contributed by atoms with Gasteiger partial charge >= 0.3 is 0 Å². The van der Waals surface area contributed by atoms with Gasteiger partial charge in [-0.25, -0.2) is 0 Å². The zero-order valence-electron chi connectivity index (χ0n) is 10.5. The molecule has 5 heteroatoms. The zero-order chi connectivity index (χ0) is 12.3. The van der Waals surface area contributed by atoms with Crippen LogP contribution in [0.3, 0.4) is 0 Å². The average molecular weight is 244 g/mol. The smallest absolute Gasteiger partial charge is 0.0731 e. The lowest BCUT2D eigenvalue weighted by molar-refractivity contribution is -0.0856. The number of rotatable bonds is 5. The van der Waals surface area contributed by atoms with Gasteiger partial charge in [0, 0.05) is 25.7 Å². The van der Waals surface area contributed by atoms with Gasteiger partial charge in [-0.2, -0.15) is 0 Å². The minimum atomic E-state index is -0.135. The minimum Gasteiger partial charge on any atom is -0.395 e. The first-order chi connectivity index (χ1) is 8.27. The SMILES string of the molecule is COCC(N)C(CO)N1CCOC2CCCC21. The summed E-state index contributed by atoms with van der Waals surface area (Å²) in [6.07, 6.45) is 3.84. The number of fused-ring (bicyclic) bond motifs is 1. The monoisotopic (exact) mass is 244 g/mol. The molecule has 2 aliphatic rings. The van der Waals surface area contributed by atoms with Crippen LogP contribution in [0.25, 0.3) is 0 Å². The van der Waals surface area contributed by atoms with Gasteiger partial charge in [-0.15, -0.1) is 0 Å². The number of morpholine rings is 1. The molecule has 0 amide bonds. The first-order valence-electron chi connectivity index (χ1n) is 6.50. The van der Waals surface area contributed by atoms with Crippen LogP contribution in [0.1, 0.15) is 19.3 Å². The molecule has 17 heavy (non-hydrogen) atoms. The van der Waals surface area contributed by atoms with Crippen molar-refractivity contribution in [2.24, 2.45) is 5.73 Å². The molecule has 0 aromatic rings. The van der Waals surface area contributed by atoms with Gasteiger partial charge in [0.1, 0.15) is 0 Å². The van der Waals surface area contributed by atoms with Crippen LogP contribution in [0.15, 0.2) is 0 Å². The molecule has 1 aliphatic heterocycles. The fourth-order valence-corrected chi connectivity index (χ4v) is 3.16. The van der Waals surface area contributed by atoms with Gasteiger partial charge in [0.15, 0.2) is 0 Å². The number of hydrogen-bond donors (Lipinski definition) is 2. The van der Waals surface area contributed by atoms with Crippen molar-refractivity contribution in [2.45, 2.75) is 43.5 Å². The number of nitrogens with zero attached hydrogens (tertiary/aromatic N) is 1. The Labute approximate surface area is 103 Å². The predicted octanol–water partition coefficient (Wildman–Crippen LogP) is -0.426. The van der Waals surface area contributed by atoms with E-state index in [1.807, 2.05) is 0 Å². The van der Waals surface area contributed by atoms with Crippen molar-refractivity contribution in [1.29, 1.82) is 0 Å². The van der Waals surface area contributed by atoms with Gasteiger partial charge in [0.2, 0.25) is 0 Å². The van der Waals surface area contributed by atoms with Crippen LogP contribution in [0.2, 0.25) is 0 Å². The lowest BCUT2D eigenvalue weighted by Gasteiger charge is -2.43. The van der Waals surface area contributed by atoms with Crippen LogP contribution in [0.4, 0.5) is 0 Å². The lowest BCUT2D eigenvalue weighted by Crippen LogP contribution is -2.60. The first-order valence-corrected chi connectivity index (χ1v) is 6.50. The van der Waals surface area contributed by atoms with Gasteiger partial charge in [-0.1, -0.05) is 0 Å². The highest BCUT2D eigenvalue weighted by molar-refractivity contribution is 4.95. The molecule has 1 saturated carbocycles. The molecule has 1 heterocycles. The third-order valence-corrected chi connectivity index (χ3v) is 3.99. The molecule has 2 rings (SSSR count). The standard InChI is InChI=1S/C12H24N2O3/c1-16-8-9(13)11(7-15)14-5-6-17-12-4-2-3-10(12)14/h9-12,15H,2-8,13H2,1H3. The highest BCUT2D eigenvalue weighted by Crippen LogP contribution is 2.31. The fraction of sp³-hybridized carbons (Fsp3) is 1.00. The highest BCUT2D eigenvalue weighted by Gasteiger charge is 2.40. The van der Waals surface area contributed by atoms with E-state index in [4.69, 9.17) is 15.2 Å². The number of nitrogens with two attached hydrogens (primary N) is 1. The maximum absolute atomic E-state index is 9.58. The summed E-state index contributed by atoms with van der Waals surface area (Å²) in [5.41, 5.74) is 6.09. The third-order valence-electron chi connectivity index (χ3n) is 3.99. The number of ether oxygens (including phenoxy) is 2. The van der Waals surface area contributed by atoms with E-state index >= 15 is 0 Å². The number of methoxy groups -OCH3 is 1. The van der Waals surface area contributed by atoms with Crippen molar-refractivity contribution < 1.29 is 14.6 Å². The summed E-state index contributed by atoms with van der Waals surface area (Å²) in [6.45, 7) is 2.19. The number of aliphatic hydroxyl groups is 1. The van der Waals surface area contributed by atoms with E-state index in [0.29, 0.717) is 18.8 Å². The molecule has 1 saturated heterocycles. The molecule has 0 spiro atoms. The van der Waals surface area contributed by atoms with E-state index in [-0.39, 0.29) is 18.7 Å². The summed E-state index contributed by atoms with van der Waals surface area (Å²) in [5, 5.41) is 9.58. The predicted molar refractivity (Wildman–Crippen MR) is 64.8 cm³/mol. The van der Waals surface area contributed by atoms with Crippen molar-refractivity contribution in [3.63, 3.8) is 0 Å². The Balaban J connectivity index is 2.01. The molecule has 0 bridgehead atoms. The topological polar surface area (TPSA) is 68.0 Å². The quantitative estimate of drug-likeness (QED) is 0.687. The minimum absolute atomic E-state index is 0.00977. The van der Waals surface area contributed by atoms with E-state index in [2.05, 4.69) is 4.90 Å². The van der Waals surface area contributed by atoms with Crippen LogP contribution >= 0.6 is 0 Å². The number of aliphatic hydroxyl groups excluding tert-OH is 1. The molecule has 4 unspecified atom stereocenters. The van der Waals surface area contributed by atoms with Crippen LogP contribution in [0.5, 0.6) is 0 Å². The summed E-state index contributed by atoms with van der Waals surface area (Å²) in [5.74, 6) is 0. The average Bonchev–Trinajstić information content (AvgIpc) is 2.79. The van der Waals surface area contributed by atoms with Gasteiger partial charge in [-0.05, 0) is 19.3 Å². The molecule has 100 valence electrons. The van der Waals surface area contributed by atoms with Crippen LogP contribution < -0.4 is 5.73 Å². The Hall–Kier alpha value is -0.200. The molecule has 0 aromatic heterocycles. The normalized spacial score (nSPS) is 33.4. The second-order valence-electron chi connectivity index (χ2n) is 5.01. The summed E-state index contributed by atoms with van der Waals surface area (Å²) in [4.78, 5) is 2.34. The Morgan fingerprint density at radius 1 is 1.53 bits per heavy atom. The largest absolute Gasteiger partial charge is 0.395 e. The molecule has 5 nitrogen and oxygen atoms in total. The summed E-state index contributed by atoms with van der Waals surface area (Å²) >= 11 is 0. The summed E-state index contributed by atoms with van der Waals surface area (Å²) < 4.78 is 10.9. The molecular formula is C12H24N2O3. The van der Waals surface area contributed by atoms with Crippen molar-refractivity contribution in [1.82, 2.24) is 4.90 Å². The van der Waals surface area contributed by atoms with Gasteiger partial charge in [0.05, 0.1) is 32.0 Å². The highest BCUT2D eigenvalue weighted by atomic mass is 16.5. The lowest BCUT2D eigenvalue weighted by atomic mass is 10.0. The Morgan fingerprint density at radius 2 is 2.35 bits per heavy atom. The first kappa shape index (κ1) is 13.2. The van der Waals surface area contributed by atoms with Crippen molar-refractivity contribution in [2.75, 3.05) is 33.5 Å². The zero-order valence-corrected chi connectivity index (χ0v) is 10.5. The van der Waals surface area contributed by atoms with Crippen LogP contribution in [-0.4, -0.2) is 67.7 Å². The Morgan fingerprint density at radius 3 is 3.06 bits per heavy atom. The summed E-state index contributed by atoms with van der Waals surface area (Å²) in [7, 11) is 1.64. The van der Waals surface area contributed by atoms with Gasteiger partial charge in [-0.3, -0.25) is 4.90 Å². The van der Waals surface area contributed by atoms with Crippen LogP contribution in [-0.2, 0) is 9.47 Å². The maximum Gasteiger partial charge on any atom is 0.0731 e. The van der Waals surface area contributed by atoms with E-state index in [1.54, 1.807) is 7.11 Å². The Kier molecular flexibility index (Phi) is 4.76. The second kappa shape index (κ2) is 6.11. The summed E-state index contributed by atoms with van der Waals surface area (Å²) in [6, 6.07) is 0.289. The van der Waals surface area contributed by atoms with E-state index in [9.17, 15) is 5.11 Å². The molecular weight excluding hydrogens is 220 g/mol. The Bertz CT molecular complexity index is 240. The molecule has 0 radical (unpaired) electrons. The maximum atomic E-state index is 9.58. The second-order valence-corrected chi connectivity index (χ2v) is 5.01. The van der Waals surface area contributed by atoms with E-state index < -0.39 is 0 Å².